The third-order valence-electron chi connectivity index (χ3n) is 4.02. The van der Waals surface area contributed by atoms with Crippen molar-refractivity contribution in [3.63, 3.8) is 0 Å². The summed E-state index contributed by atoms with van der Waals surface area (Å²) in [6, 6.07) is 16.3. The summed E-state index contributed by atoms with van der Waals surface area (Å²) >= 11 is 6.24. The van der Waals surface area contributed by atoms with Gasteiger partial charge in [0.1, 0.15) is 6.04 Å². The second-order valence-corrected chi connectivity index (χ2v) is 6.25. The van der Waals surface area contributed by atoms with Gasteiger partial charge in [0.2, 0.25) is 11.8 Å². The van der Waals surface area contributed by atoms with Gasteiger partial charge in [-0.15, -0.1) is 0 Å². The SMILES string of the molecule is CCNC(=O)C(C)N(Cc1ccccc1Cl)C(=O)Cc1ccccc1. The highest BCUT2D eigenvalue weighted by Crippen LogP contribution is 2.19. The molecule has 4 nitrogen and oxygen atoms in total. The van der Waals surface area contributed by atoms with Crippen molar-refractivity contribution in [2.75, 3.05) is 6.54 Å². The normalized spacial score (nSPS) is 11.6. The number of halogens is 1. The monoisotopic (exact) mass is 358 g/mol. The highest BCUT2D eigenvalue weighted by molar-refractivity contribution is 6.31. The molecular formula is C20H23ClN2O2. The van der Waals surface area contributed by atoms with Crippen molar-refractivity contribution in [1.29, 1.82) is 0 Å². The number of carbonyl (C=O) groups excluding carboxylic acids is 2. The zero-order valence-electron chi connectivity index (χ0n) is 14.5. The molecule has 0 fully saturated rings. The van der Waals surface area contributed by atoms with Gasteiger partial charge in [-0.25, -0.2) is 0 Å². The van der Waals surface area contributed by atoms with Crippen LogP contribution in [0.25, 0.3) is 0 Å². The molecule has 0 bridgehead atoms. The number of hydrogen-bond acceptors (Lipinski definition) is 2. The average Bonchev–Trinajstić information content (AvgIpc) is 2.61. The number of nitrogens with zero attached hydrogens (tertiary/aromatic N) is 1. The molecular weight excluding hydrogens is 336 g/mol. The van der Waals surface area contributed by atoms with E-state index in [2.05, 4.69) is 5.32 Å². The summed E-state index contributed by atoms with van der Waals surface area (Å²) in [4.78, 5) is 26.7. The molecule has 2 rings (SSSR count). The van der Waals surface area contributed by atoms with Gasteiger partial charge in [-0.3, -0.25) is 9.59 Å². The summed E-state index contributed by atoms with van der Waals surface area (Å²) in [6.45, 7) is 4.42. The van der Waals surface area contributed by atoms with E-state index in [0.29, 0.717) is 18.1 Å². The smallest absolute Gasteiger partial charge is 0.242 e. The molecule has 0 spiro atoms. The van der Waals surface area contributed by atoms with E-state index < -0.39 is 6.04 Å². The Morgan fingerprint density at radius 3 is 2.36 bits per heavy atom. The van der Waals surface area contributed by atoms with E-state index in [-0.39, 0.29) is 18.2 Å². The molecule has 25 heavy (non-hydrogen) atoms. The second kappa shape index (κ2) is 9.23. The van der Waals surface area contributed by atoms with Crippen molar-refractivity contribution in [2.45, 2.75) is 32.9 Å². The molecule has 2 aromatic carbocycles. The molecule has 2 amide bonds. The molecule has 0 aliphatic heterocycles. The number of carbonyl (C=O) groups is 2. The molecule has 132 valence electrons. The zero-order valence-corrected chi connectivity index (χ0v) is 15.3. The predicted octanol–water partition coefficient (Wildman–Crippen LogP) is 3.44. The molecule has 0 heterocycles. The zero-order chi connectivity index (χ0) is 18.2. The van der Waals surface area contributed by atoms with Crippen LogP contribution in [0.4, 0.5) is 0 Å². The molecule has 1 N–H and O–H groups in total. The standard InChI is InChI=1S/C20H23ClN2O2/c1-3-22-20(25)15(2)23(14-17-11-7-8-12-18(17)21)19(24)13-16-9-5-4-6-10-16/h4-12,15H,3,13-14H2,1-2H3,(H,22,25). The van der Waals surface area contributed by atoms with Gasteiger partial charge in [-0.1, -0.05) is 60.1 Å². The van der Waals surface area contributed by atoms with Crippen LogP contribution in [-0.2, 0) is 22.6 Å². The molecule has 1 unspecified atom stereocenters. The van der Waals surface area contributed by atoms with E-state index in [0.717, 1.165) is 11.1 Å². The van der Waals surface area contributed by atoms with Crippen LogP contribution in [0.1, 0.15) is 25.0 Å². The Labute approximate surface area is 153 Å². The fourth-order valence-corrected chi connectivity index (χ4v) is 2.78. The van der Waals surface area contributed by atoms with Crippen LogP contribution >= 0.6 is 11.6 Å². The van der Waals surface area contributed by atoms with Gasteiger partial charge in [0, 0.05) is 18.1 Å². The molecule has 0 saturated heterocycles. The number of hydrogen-bond donors (Lipinski definition) is 1. The number of likely N-dealkylation sites (N-methyl/N-ethyl adjacent to an activating group) is 1. The molecule has 0 aliphatic carbocycles. The van der Waals surface area contributed by atoms with E-state index in [1.807, 2.05) is 55.5 Å². The van der Waals surface area contributed by atoms with Crippen LogP contribution in [0, 0.1) is 0 Å². The van der Waals surface area contributed by atoms with Gasteiger partial charge in [0.05, 0.1) is 6.42 Å². The lowest BCUT2D eigenvalue weighted by atomic mass is 10.1. The van der Waals surface area contributed by atoms with Crippen molar-refractivity contribution in [1.82, 2.24) is 10.2 Å². The summed E-state index contributed by atoms with van der Waals surface area (Å²) in [5.74, 6) is -0.277. The first-order chi connectivity index (χ1) is 12.0. The third-order valence-corrected chi connectivity index (χ3v) is 4.38. The molecule has 5 heteroatoms. The Bertz CT molecular complexity index is 719. The van der Waals surface area contributed by atoms with Crippen molar-refractivity contribution in [3.05, 3.63) is 70.7 Å². The minimum absolute atomic E-state index is 0.107. The fraction of sp³-hybridized carbons (Fsp3) is 0.300. The Kier molecular flexibility index (Phi) is 7.02. The van der Waals surface area contributed by atoms with Gasteiger partial charge in [0.25, 0.3) is 0 Å². The number of rotatable bonds is 7. The predicted molar refractivity (Wildman–Crippen MR) is 100 cm³/mol. The number of benzene rings is 2. The van der Waals surface area contributed by atoms with E-state index in [9.17, 15) is 9.59 Å². The maximum Gasteiger partial charge on any atom is 0.242 e. The van der Waals surface area contributed by atoms with Gasteiger partial charge < -0.3 is 10.2 Å². The van der Waals surface area contributed by atoms with Crippen molar-refractivity contribution >= 4 is 23.4 Å². The second-order valence-electron chi connectivity index (χ2n) is 5.85. The Balaban J connectivity index is 2.23. The molecule has 1 atom stereocenters. The Hall–Kier alpha value is -2.33. The molecule has 0 radical (unpaired) electrons. The number of amides is 2. The molecule has 2 aromatic rings. The highest BCUT2D eigenvalue weighted by atomic mass is 35.5. The van der Waals surface area contributed by atoms with E-state index >= 15 is 0 Å². The molecule has 0 aromatic heterocycles. The van der Waals surface area contributed by atoms with Gasteiger partial charge >= 0.3 is 0 Å². The van der Waals surface area contributed by atoms with E-state index in [1.165, 1.54) is 0 Å². The maximum absolute atomic E-state index is 12.9. The summed E-state index contributed by atoms with van der Waals surface area (Å²) in [5, 5.41) is 3.37. The third kappa shape index (κ3) is 5.33. The average molecular weight is 359 g/mol. The van der Waals surface area contributed by atoms with Crippen molar-refractivity contribution < 1.29 is 9.59 Å². The minimum atomic E-state index is -0.576. The highest BCUT2D eigenvalue weighted by Gasteiger charge is 2.26. The Morgan fingerprint density at radius 1 is 1.08 bits per heavy atom. The maximum atomic E-state index is 12.9. The lowest BCUT2D eigenvalue weighted by Crippen LogP contribution is -2.48. The topological polar surface area (TPSA) is 49.4 Å². The van der Waals surface area contributed by atoms with Crippen LogP contribution < -0.4 is 5.32 Å². The van der Waals surface area contributed by atoms with Crippen LogP contribution in [0.15, 0.2) is 54.6 Å². The van der Waals surface area contributed by atoms with E-state index in [1.54, 1.807) is 17.9 Å². The van der Waals surface area contributed by atoms with Crippen LogP contribution in [0.2, 0.25) is 5.02 Å². The number of nitrogens with one attached hydrogen (secondary N) is 1. The van der Waals surface area contributed by atoms with E-state index in [4.69, 9.17) is 11.6 Å². The van der Waals surface area contributed by atoms with Gasteiger partial charge in [0.15, 0.2) is 0 Å². The quantitative estimate of drug-likeness (QED) is 0.824. The first kappa shape index (κ1) is 19.0. The van der Waals surface area contributed by atoms with Crippen molar-refractivity contribution in [2.24, 2.45) is 0 Å². The largest absolute Gasteiger partial charge is 0.355 e. The lowest BCUT2D eigenvalue weighted by molar-refractivity contribution is -0.140. The van der Waals surface area contributed by atoms with Gasteiger partial charge in [-0.2, -0.15) is 0 Å². The lowest BCUT2D eigenvalue weighted by Gasteiger charge is -2.29. The van der Waals surface area contributed by atoms with Gasteiger partial charge in [-0.05, 0) is 31.0 Å². The molecule has 0 saturated carbocycles. The Morgan fingerprint density at radius 2 is 1.72 bits per heavy atom. The van der Waals surface area contributed by atoms with Crippen molar-refractivity contribution in [3.8, 4) is 0 Å². The van der Waals surface area contributed by atoms with Crippen LogP contribution in [0.3, 0.4) is 0 Å². The summed E-state index contributed by atoms with van der Waals surface area (Å²) in [6.07, 6.45) is 0.245. The molecule has 0 aliphatic rings. The summed E-state index contributed by atoms with van der Waals surface area (Å²) in [5.41, 5.74) is 1.74. The van der Waals surface area contributed by atoms with Crippen LogP contribution in [0.5, 0.6) is 0 Å². The fourth-order valence-electron chi connectivity index (χ4n) is 2.59. The minimum Gasteiger partial charge on any atom is -0.355 e. The first-order valence-corrected chi connectivity index (χ1v) is 8.75. The summed E-state index contributed by atoms with van der Waals surface area (Å²) < 4.78 is 0. The first-order valence-electron chi connectivity index (χ1n) is 8.37. The van der Waals surface area contributed by atoms with Crippen LogP contribution in [-0.4, -0.2) is 29.3 Å². The summed E-state index contributed by atoms with van der Waals surface area (Å²) in [7, 11) is 0.